The Balaban J connectivity index is 1.90. The number of nitrogens with zero attached hydrogens (tertiary/aromatic N) is 2. The Bertz CT molecular complexity index is 615. The van der Waals surface area contributed by atoms with E-state index < -0.39 is 0 Å². The van der Waals surface area contributed by atoms with E-state index in [0.717, 1.165) is 35.0 Å². The molecule has 1 amide bonds. The van der Waals surface area contributed by atoms with Gasteiger partial charge >= 0.3 is 0 Å². The number of carbonyl (C=O) groups excluding carboxylic acids is 1. The predicted octanol–water partition coefficient (Wildman–Crippen LogP) is 3.82. The molecule has 102 valence electrons. The van der Waals surface area contributed by atoms with Crippen LogP contribution in [0.3, 0.4) is 0 Å². The molecule has 1 unspecified atom stereocenters. The molecule has 0 aliphatic carbocycles. The fourth-order valence-corrected chi connectivity index (χ4v) is 3.17. The lowest BCUT2D eigenvalue weighted by molar-refractivity contribution is 0.0734. The van der Waals surface area contributed by atoms with Gasteiger partial charge in [0.2, 0.25) is 0 Å². The van der Waals surface area contributed by atoms with Gasteiger partial charge in [0.1, 0.15) is 0 Å². The van der Waals surface area contributed by atoms with Crippen LogP contribution in [0, 0.1) is 0 Å². The van der Waals surface area contributed by atoms with Crippen LogP contribution in [0.15, 0.2) is 53.3 Å². The summed E-state index contributed by atoms with van der Waals surface area (Å²) in [5, 5.41) is 0. The van der Waals surface area contributed by atoms with Crippen LogP contribution < -0.4 is 0 Å². The molecule has 1 fully saturated rings. The van der Waals surface area contributed by atoms with Gasteiger partial charge in [0.25, 0.3) is 5.91 Å². The number of rotatable bonds is 2. The van der Waals surface area contributed by atoms with Gasteiger partial charge in [-0.15, -0.1) is 0 Å². The van der Waals surface area contributed by atoms with Crippen molar-refractivity contribution in [3.05, 3.63) is 64.4 Å². The standard InChI is InChI=1S/C16H15BrN2O/c17-14-7-2-1-6-13(14)16(20)19-10-4-8-15(19)12-5-3-9-18-11-12/h1-3,5-7,9,11,15H,4,8,10H2. The molecule has 0 radical (unpaired) electrons. The van der Waals surface area contributed by atoms with E-state index in [9.17, 15) is 4.79 Å². The number of carbonyl (C=O) groups is 1. The predicted molar refractivity (Wildman–Crippen MR) is 81.4 cm³/mol. The summed E-state index contributed by atoms with van der Waals surface area (Å²) in [7, 11) is 0. The lowest BCUT2D eigenvalue weighted by Crippen LogP contribution is -2.30. The summed E-state index contributed by atoms with van der Waals surface area (Å²) in [5.41, 5.74) is 1.84. The minimum absolute atomic E-state index is 0.0869. The van der Waals surface area contributed by atoms with Crippen LogP contribution in [0.25, 0.3) is 0 Å². The third kappa shape index (κ3) is 2.48. The van der Waals surface area contributed by atoms with Crippen LogP contribution in [0.1, 0.15) is 34.8 Å². The van der Waals surface area contributed by atoms with Gasteiger partial charge < -0.3 is 4.90 Å². The maximum absolute atomic E-state index is 12.7. The minimum atomic E-state index is 0.0869. The molecule has 1 atom stereocenters. The molecule has 0 N–H and O–H groups in total. The van der Waals surface area contributed by atoms with E-state index in [1.807, 2.05) is 47.5 Å². The van der Waals surface area contributed by atoms with E-state index in [-0.39, 0.29) is 11.9 Å². The minimum Gasteiger partial charge on any atom is -0.332 e. The maximum atomic E-state index is 12.7. The molecule has 0 saturated carbocycles. The lowest BCUT2D eigenvalue weighted by atomic mass is 10.1. The molecule has 20 heavy (non-hydrogen) atoms. The fourth-order valence-electron chi connectivity index (χ4n) is 2.72. The zero-order valence-corrected chi connectivity index (χ0v) is 12.6. The van der Waals surface area contributed by atoms with Crippen LogP contribution in [0.4, 0.5) is 0 Å². The molecule has 2 aromatic rings. The highest BCUT2D eigenvalue weighted by molar-refractivity contribution is 9.10. The number of amides is 1. The first kappa shape index (κ1) is 13.3. The van der Waals surface area contributed by atoms with Crippen LogP contribution in [-0.2, 0) is 0 Å². The van der Waals surface area contributed by atoms with Gasteiger partial charge in [0, 0.05) is 23.4 Å². The van der Waals surface area contributed by atoms with Crippen molar-refractivity contribution in [2.75, 3.05) is 6.54 Å². The number of benzene rings is 1. The highest BCUT2D eigenvalue weighted by atomic mass is 79.9. The molecule has 3 rings (SSSR count). The Morgan fingerprint density at radius 1 is 1.25 bits per heavy atom. The van der Waals surface area contributed by atoms with Gasteiger partial charge in [-0.05, 0) is 52.5 Å². The molecular weight excluding hydrogens is 316 g/mol. The Kier molecular flexibility index (Phi) is 3.83. The van der Waals surface area contributed by atoms with Crippen molar-refractivity contribution in [1.29, 1.82) is 0 Å². The van der Waals surface area contributed by atoms with Crippen molar-refractivity contribution in [2.45, 2.75) is 18.9 Å². The highest BCUT2D eigenvalue weighted by Gasteiger charge is 2.31. The number of pyridine rings is 1. The summed E-state index contributed by atoms with van der Waals surface area (Å²) in [4.78, 5) is 18.8. The van der Waals surface area contributed by atoms with Gasteiger partial charge in [0.05, 0.1) is 11.6 Å². The van der Waals surface area contributed by atoms with Gasteiger partial charge in [-0.25, -0.2) is 0 Å². The summed E-state index contributed by atoms with van der Waals surface area (Å²) in [5.74, 6) is 0.0869. The number of likely N-dealkylation sites (tertiary alicyclic amines) is 1. The van der Waals surface area contributed by atoms with Crippen molar-refractivity contribution in [2.24, 2.45) is 0 Å². The number of halogens is 1. The summed E-state index contributed by atoms with van der Waals surface area (Å²) >= 11 is 3.46. The smallest absolute Gasteiger partial charge is 0.255 e. The third-order valence-electron chi connectivity index (χ3n) is 3.69. The first-order valence-electron chi connectivity index (χ1n) is 6.73. The first-order chi connectivity index (χ1) is 9.77. The number of hydrogen-bond acceptors (Lipinski definition) is 2. The summed E-state index contributed by atoms with van der Waals surface area (Å²) < 4.78 is 0.849. The summed E-state index contributed by atoms with van der Waals surface area (Å²) in [6.45, 7) is 0.805. The van der Waals surface area contributed by atoms with Gasteiger partial charge in [-0.2, -0.15) is 0 Å². The molecule has 3 nitrogen and oxygen atoms in total. The van der Waals surface area contributed by atoms with E-state index in [2.05, 4.69) is 20.9 Å². The Hall–Kier alpha value is -1.68. The second-order valence-electron chi connectivity index (χ2n) is 4.92. The zero-order valence-electron chi connectivity index (χ0n) is 11.0. The number of aromatic nitrogens is 1. The number of hydrogen-bond donors (Lipinski definition) is 0. The molecule has 0 spiro atoms. The van der Waals surface area contributed by atoms with Gasteiger partial charge in [-0.3, -0.25) is 9.78 Å². The summed E-state index contributed by atoms with van der Waals surface area (Å²) in [6, 6.07) is 11.7. The molecule has 1 saturated heterocycles. The second-order valence-corrected chi connectivity index (χ2v) is 5.78. The van der Waals surface area contributed by atoms with Crippen molar-refractivity contribution in [3.63, 3.8) is 0 Å². The topological polar surface area (TPSA) is 33.2 Å². The average molecular weight is 331 g/mol. The van der Waals surface area contributed by atoms with E-state index in [1.165, 1.54) is 0 Å². The SMILES string of the molecule is O=C(c1ccccc1Br)N1CCCC1c1cccnc1. The quantitative estimate of drug-likeness (QED) is 0.838. The van der Waals surface area contributed by atoms with Gasteiger partial charge in [-0.1, -0.05) is 18.2 Å². The molecule has 2 heterocycles. The van der Waals surface area contributed by atoms with Gasteiger partial charge in [0.15, 0.2) is 0 Å². The third-order valence-corrected chi connectivity index (χ3v) is 4.38. The molecule has 0 bridgehead atoms. The first-order valence-corrected chi connectivity index (χ1v) is 7.52. The van der Waals surface area contributed by atoms with Crippen molar-refractivity contribution in [3.8, 4) is 0 Å². The zero-order chi connectivity index (χ0) is 13.9. The van der Waals surface area contributed by atoms with Crippen LogP contribution >= 0.6 is 15.9 Å². The molecule has 1 aliphatic rings. The van der Waals surface area contributed by atoms with E-state index in [0.29, 0.717) is 0 Å². The molecule has 4 heteroatoms. The van der Waals surface area contributed by atoms with Crippen molar-refractivity contribution >= 4 is 21.8 Å². The van der Waals surface area contributed by atoms with Crippen LogP contribution in [-0.4, -0.2) is 22.3 Å². The largest absolute Gasteiger partial charge is 0.332 e. The molecule has 1 aliphatic heterocycles. The van der Waals surface area contributed by atoms with Crippen LogP contribution in [0.5, 0.6) is 0 Å². The fraction of sp³-hybridized carbons (Fsp3) is 0.250. The van der Waals surface area contributed by atoms with Crippen molar-refractivity contribution in [1.82, 2.24) is 9.88 Å². The van der Waals surface area contributed by atoms with E-state index >= 15 is 0 Å². The average Bonchev–Trinajstić information content (AvgIpc) is 2.97. The van der Waals surface area contributed by atoms with Crippen molar-refractivity contribution < 1.29 is 4.79 Å². The second kappa shape index (κ2) is 5.75. The molecule has 1 aromatic heterocycles. The Labute approximate surface area is 126 Å². The molecule has 1 aromatic carbocycles. The summed E-state index contributed by atoms with van der Waals surface area (Å²) in [6.07, 6.45) is 5.66. The molecular formula is C16H15BrN2O. The van der Waals surface area contributed by atoms with E-state index in [1.54, 1.807) is 6.20 Å². The Morgan fingerprint density at radius 2 is 2.10 bits per heavy atom. The highest BCUT2D eigenvalue weighted by Crippen LogP contribution is 2.33. The Morgan fingerprint density at radius 3 is 2.85 bits per heavy atom. The van der Waals surface area contributed by atoms with Crippen LogP contribution in [0.2, 0.25) is 0 Å². The monoisotopic (exact) mass is 330 g/mol. The normalized spacial score (nSPS) is 18.2. The lowest BCUT2D eigenvalue weighted by Gasteiger charge is -2.25. The van der Waals surface area contributed by atoms with E-state index in [4.69, 9.17) is 0 Å². The maximum Gasteiger partial charge on any atom is 0.255 e.